The standard InChI is InChI=1S/C29H28ClFN2O4/c1-4-14-36-18-24-25(19(2)3)27(34)28(37-17-20-8-6-5-7-9-20)26-29(35)32(12-13-33(24)26)16-21-10-11-23(31)22(30)15-21/h4-11,15H,1-2,12-14,16-18H2,3H3. The van der Waals surface area contributed by atoms with Crippen LogP contribution in [-0.2, 0) is 31.0 Å². The van der Waals surface area contributed by atoms with Gasteiger partial charge < -0.3 is 18.9 Å². The minimum absolute atomic E-state index is 0.0155. The Kier molecular flexibility index (Phi) is 8.26. The Morgan fingerprint density at radius 2 is 1.86 bits per heavy atom. The van der Waals surface area contributed by atoms with Crippen molar-refractivity contribution in [3.05, 3.63) is 117 Å². The van der Waals surface area contributed by atoms with Crippen LogP contribution in [0.25, 0.3) is 5.57 Å². The molecule has 4 rings (SSSR count). The van der Waals surface area contributed by atoms with E-state index in [4.69, 9.17) is 21.1 Å². The van der Waals surface area contributed by atoms with Crippen molar-refractivity contribution in [2.45, 2.75) is 33.2 Å². The fraction of sp³-hybridized carbons (Fsp3) is 0.241. The van der Waals surface area contributed by atoms with Crippen LogP contribution in [0.1, 0.15) is 39.8 Å². The number of hydrogen-bond donors (Lipinski definition) is 0. The highest BCUT2D eigenvalue weighted by Crippen LogP contribution is 2.29. The Morgan fingerprint density at radius 3 is 2.54 bits per heavy atom. The number of ether oxygens (including phenoxy) is 2. The first-order valence-electron chi connectivity index (χ1n) is 11.9. The highest BCUT2D eigenvalue weighted by Gasteiger charge is 2.33. The van der Waals surface area contributed by atoms with Gasteiger partial charge in [0.1, 0.15) is 12.4 Å². The summed E-state index contributed by atoms with van der Waals surface area (Å²) in [7, 11) is 0. The quantitative estimate of drug-likeness (QED) is 0.256. The second kappa shape index (κ2) is 11.6. The molecule has 0 unspecified atom stereocenters. The molecule has 6 nitrogen and oxygen atoms in total. The van der Waals surface area contributed by atoms with Gasteiger partial charge in [0.2, 0.25) is 5.43 Å². The highest BCUT2D eigenvalue weighted by molar-refractivity contribution is 6.30. The number of amides is 1. The lowest BCUT2D eigenvalue weighted by molar-refractivity contribution is 0.0669. The van der Waals surface area contributed by atoms with Crippen molar-refractivity contribution in [1.29, 1.82) is 0 Å². The maximum Gasteiger partial charge on any atom is 0.274 e. The number of halogens is 2. The Labute approximate surface area is 220 Å². The first kappa shape index (κ1) is 26.4. The Balaban J connectivity index is 1.79. The second-order valence-corrected chi connectivity index (χ2v) is 9.22. The summed E-state index contributed by atoms with van der Waals surface area (Å²) >= 11 is 5.95. The van der Waals surface area contributed by atoms with Gasteiger partial charge in [-0.15, -0.1) is 6.58 Å². The number of benzene rings is 2. The topological polar surface area (TPSA) is 60.8 Å². The Hall–Kier alpha value is -3.68. The van der Waals surface area contributed by atoms with E-state index in [0.717, 1.165) is 5.56 Å². The molecular weight excluding hydrogens is 495 g/mol. The predicted octanol–water partition coefficient (Wildman–Crippen LogP) is 5.61. The summed E-state index contributed by atoms with van der Waals surface area (Å²) in [6.45, 7) is 10.9. The number of rotatable bonds is 10. The van der Waals surface area contributed by atoms with Gasteiger partial charge in [-0.05, 0) is 35.8 Å². The number of hydrogen-bond acceptors (Lipinski definition) is 4. The molecule has 8 heteroatoms. The van der Waals surface area contributed by atoms with Crippen LogP contribution in [0, 0.1) is 5.82 Å². The van der Waals surface area contributed by atoms with E-state index >= 15 is 0 Å². The molecule has 1 aliphatic heterocycles. The number of aromatic nitrogens is 1. The average molecular weight is 523 g/mol. The molecule has 0 aliphatic carbocycles. The monoisotopic (exact) mass is 522 g/mol. The van der Waals surface area contributed by atoms with Crippen LogP contribution >= 0.6 is 11.6 Å². The van der Waals surface area contributed by atoms with Crippen molar-refractivity contribution >= 4 is 23.1 Å². The van der Waals surface area contributed by atoms with E-state index in [1.165, 1.54) is 12.1 Å². The van der Waals surface area contributed by atoms with Crippen molar-refractivity contribution in [1.82, 2.24) is 9.47 Å². The van der Waals surface area contributed by atoms with Gasteiger partial charge in [0.05, 0.1) is 29.5 Å². The lowest BCUT2D eigenvalue weighted by Gasteiger charge is -2.33. The van der Waals surface area contributed by atoms with Crippen LogP contribution in [0.2, 0.25) is 5.02 Å². The van der Waals surface area contributed by atoms with Crippen LogP contribution in [0.4, 0.5) is 4.39 Å². The summed E-state index contributed by atoms with van der Waals surface area (Å²) in [5.41, 5.74) is 2.78. The van der Waals surface area contributed by atoms with Gasteiger partial charge in [0.15, 0.2) is 11.4 Å². The van der Waals surface area contributed by atoms with Crippen LogP contribution < -0.4 is 10.2 Å². The third-order valence-corrected chi connectivity index (χ3v) is 6.39. The molecule has 0 saturated carbocycles. The molecule has 1 aromatic heterocycles. The van der Waals surface area contributed by atoms with Crippen LogP contribution in [-0.4, -0.2) is 28.5 Å². The highest BCUT2D eigenvalue weighted by atomic mass is 35.5. The predicted molar refractivity (Wildman–Crippen MR) is 142 cm³/mol. The molecule has 0 spiro atoms. The molecule has 2 heterocycles. The molecule has 0 N–H and O–H groups in total. The maximum absolute atomic E-state index is 13.8. The molecule has 192 valence electrons. The molecule has 3 aromatic rings. The third kappa shape index (κ3) is 5.68. The lowest BCUT2D eigenvalue weighted by Crippen LogP contribution is -2.43. The van der Waals surface area contributed by atoms with Crippen LogP contribution in [0.15, 0.2) is 72.6 Å². The minimum atomic E-state index is -0.527. The van der Waals surface area contributed by atoms with Crippen molar-refractivity contribution < 1.29 is 18.7 Å². The number of carbonyl (C=O) groups is 1. The van der Waals surface area contributed by atoms with Gasteiger partial charge in [0, 0.05) is 19.6 Å². The lowest BCUT2D eigenvalue weighted by atomic mass is 10.0. The zero-order valence-electron chi connectivity index (χ0n) is 20.6. The van der Waals surface area contributed by atoms with Crippen LogP contribution in [0.3, 0.4) is 0 Å². The van der Waals surface area contributed by atoms with E-state index in [9.17, 15) is 14.0 Å². The summed E-state index contributed by atoms with van der Waals surface area (Å²) in [5.74, 6) is -0.924. The Bertz CT molecular complexity index is 1400. The zero-order chi connectivity index (χ0) is 26.5. The smallest absolute Gasteiger partial charge is 0.274 e. The molecule has 37 heavy (non-hydrogen) atoms. The summed E-state index contributed by atoms with van der Waals surface area (Å²) < 4.78 is 27.2. The van der Waals surface area contributed by atoms with E-state index in [0.29, 0.717) is 35.5 Å². The largest absolute Gasteiger partial charge is 0.483 e. The molecule has 0 fully saturated rings. The normalized spacial score (nSPS) is 12.8. The van der Waals surface area contributed by atoms with Gasteiger partial charge in [-0.25, -0.2) is 4.39 Å². The molecule has 2 aromatic carbocycles. The number of carbonyl (C=O) groups excluding carboxylic acids is 1. The summed E-state index contributed by atoms with van der Waals surface area (Å²) in [6.07, 6.45) is 1.62. The van der Waals surface area contributed by atoms with Crippen molar-refractivity contribution in [3.63, 3.8) is 0 Å². The Morgan fingerprint density at radius 1 is 1.11 bits per heavy atom. The second-order valence-electron chi connectivity index (χ2n) is 8.81. The summed E-state index contributed by atoms with van der Waals surface area (Å²) in [4.78, 5) is 29.2. The maximum atomic E-state index is 13.8. The van der Waals surface area contributed by atoms with E-state index < -0.39 is 11.2 Å². The number of fused-ring (bicyclic) bond motifs is 1. The van der Waals surface area contributed by atoms with Gasteiger partial charge in [-0.2, -0.15) is 0 Å². The number of pyridine rings is 1. The first-order valence-corrected chi connectivity index (χ1v) is 12.2. The number of nitrogens with zero attached hydrogens (tertiary/aromatic N) is 2. The molecule has 0 radical (unpaired) electrons. The fourth-order valence-electron chi connectivity index (χ4n) is 4.38. The summed E-state index contributed by atoms with van der Waals surface area (Å²) in [5, 5.41) is -0.0155. The van der Waals surface area contributed by atoms with Crippen molar-refractivity contribution in [3.8, 4) is 5.75 Å². The SMILES string of the molecule is C=CCOCc1c(C(=C)C)c(=O)c(OCc2ccccc2)c2n1CCN(Cc1ccc(F)c(Cl)c1)C2=O. The minimum Gasteiger partial charge on any atom is -0.483 e. The van der Waals surface area contributed by atoms with E-state index in [-0.39, 0.29) is 48.7 Å². The van der Waals surface area contributed by atoms with E-state index in [1.54, 1.807) is 28.5 Å². The van der Waals surface area contributed by atoms with E-state index in [2.05, 4.69) is 13.2 Å². The fourth-order valence-corrected chi connectivity index (χ4v) is 4.58. The molecule has 0 saturated heterocycles. The number of allylic oxidation sites excluding steroid dienone is 1. The third-order valence-electron chi connectivity index (χ3n) is 6.10. The van der Waals surface area contributed by atoms with Gasteiger partial charge in [0.25, 0.3) is 5.91 Å². The molecule has 0 atom stereocenters. The molecule has 1 amide bonds. The molecular formula is C29H28ClFN2O4. The van der Waals surface area contributed by atoms with E-state index in [1.807, 2.05) is 30.3 Å². The summed E-state index contributed by atoms with van der Waals surface area (Å²) in [6, 6.07) is 13.8. The van der Waals surface area contributed by atoms with Crippen LogP contribution in [0.5, 0.6) is 5.75 Å². The molecule has 0 bridgehead atoms. The van der Waals surface area contributed by atoms with Gasteiger partial charge >= 0.3 is 0 Å². The van der Waals surface area contributed by atoms with Crippen molar-refractivity contribution in [2.24, 2.45) is 0 Å². The average Bonchev–Trinajstić information content (AvgIpc) is 2.88. The first-order chi connectivity index (χ1) is 17.8. The van der Waals surface area contributed by atoms with Gasteiger partial charge in [-0.3, -0.25) is 9.59 Å². The zero-order valence-corrected chi connectivity index (χ0v) is 21.4. The van der Waals surface area contributed by atoms with Crippen molar-refractivity contribution in [2.75, 3.05) is 13.2 Å². The van der Waals surface area contributed by atoms with Gasteiger partial charge in [-0.1, -0.05) is 60.7 Å². The molecule has 1 aliphatic rings.